The number of benzene rings is 1. The molecule has 0 atom stereocenters. The maximum atomic E-state index is 5.39. The quantitative estimate of drug-likeness (QED) is 0.705. The molecule has 1 fully saturated rings. The third-order valence-corrected chi connectivity index (χ3v) is 4.14. The molecule has 2 aliphatic rings. The molecule has 0 radical (unpaired) electrons. The van der Waals surface area contributed by atoms with Crippen LogP contribution >= 0.6 is 11.8 Å². The molecule has 0 saturated carbocycles. The smallest absolute Gasteiger partial charge is 0.106 e. The van der Waals surface area contributed by atoms with Gasteiger partial charge in [-0.05, 0) is 12.1 Å². The monoisotopic (exact) mass is 248 g/mol. The number of fused-ring (bicyclic) bond motifs is 1. The highest BCUT2D eigenvalue weighted by molar-refractivity contribution is 7.99. The first-order chi connectivity index (χ1) is 8.43. The van der Waals surface area contributed by atoms with Crippen LogP contribution in [0.4, 0.5) is 5.69 Å². The fourth-order valence-electron chi connectivity index (χ4n) is 2.17. The normalized spacial score (nSPS) is 20.5. The minimum atomic E-state index is 0.827. The number of hydrogen-bond acceptors (Lipinski definition) is 4. The van der Waals surface area contributed by atoms with Gasteiger partial charge in [-0.3, -0.25) is 0 Å². The lowest BCUT2D eigenvalue weighted by Crippen LogP contribution is -2.40. The van der Waals surface area contributed by atoms with Crippen LogP contribution in [0.5, 0.6) is 0 Å². The molecule has 0 amide bonds. The van der Waals surface area contributed by atoms with Gasteiger partial charge in [0, 0.05) is 30.2 Å². The third-order valence-electron chi connectivity index (χ3n) is 3.07. The van der Waals surface area contributed by atoms with Crippen LogP contribution in [0.1, 0.15) is 6.42 Å². The van der Waals surface area contributed by atoms with Gasteiger partial charge in [-0.2, -0.15) is 0 Å². The van der Waals surface area contributed by atoms with Crippen molar-refractivity contribution in [3.63, 3.8) is 0 Å². The molecule has 2 aliphatic heterocycles. The van der Waals surface area contributed by atoms with E-state index in [1.165, 1.54) is 10.7 Å². The Hall–Kier alpha value is -1.000. The Morgan fingerprint density at radius 3 is 2.88 bits per heavy atom. The Balaban J connectivity index is 1.87. The van der Waals surface area contributed by atoms with Gasteiger partial charge in [-0.15, -0.1) is 11.8 Å². The van der Waals surface area contributed by atoms with Crippen LogP contribution < -0.4 is 0 Å². The summed E-state index contributed by atoms with van der Waals surface area (Å²) in [5.41, 5.74) is 1.12. The summed E-state index contributed by atoms with van der Waals surface area (Å²) in [6.07, 6.45) is 1.05. The summed E-state index contributed by atoms with van der Waals surface area (Å²) in [6.45, 7) is 3.61. The molecule has 0 N–H and O–H groups in total. The van der Waals surface area contributed by atoms with Gasteiger partial charge in [0.15, 0.2) is 0 Å². The molecule has 0 aliphatic carbocycles. The largest absolute Gasteiger partial charge is 0.378 e. The predicted molar refractivity (Wildman–Crippen MR) is 71.3 cm³/mol. The average Bonchev–Trinajstić information content (AvgIpc) is 2.62. The lowest BCUT2D eigenvalue weighted by Gasteiger charge is -2.29. The van der Waals surface area contributed by atoms with Crippen LogP contribution in [0.2, 0.25) is 0 Å². The molecule has 17 heavy (non-hydrogen) atoms. The molecular weight excluding hydrogens is 232 g/mol. The number of ether oxygens (including phenoxy) is 1. The Morgan fingerprint density at radius 1 is 1.18 bits per heavy atom. The summed E-state index contributed by atoms with van der Waals surface area (Å²) in [7, 11) is 0. The van der Waals surface area contributed by atoms with Crippen molar-refractivity contribution in [2.75, 3.05) is 32.1 Å². The summed E-state index contributed by atoms with van der Waals surface area (Å²) >= 11 is 1.90. The van der Waals surface area contributed by atoms with E-state index in [9.17, 15) is 0 Å². The van der Waals surface area contributed by atoms with E-state index in [-0.39, 0.29) is 0 Å². The summed E-state index contributed by atoms with van der Waals surface area (Å²) < 4.78 is 5.39. The number of thioether (sulfide) groups is 1. The van der Waals surface area contributed by atoms with Crippen molar-refractivity contribution in [1.29, 1.82) is 0 Å². The highest BCUT2D eigenvalue weighted by atomic mass is 32.2. The van der Waals surface area contributed by atoms with Crippen molar-refractivity contribution in [2.45, 2.75) is 11.3 Å². The fourth-order valence-corrected chi connectivity index (χ4v) is 3.11. The Labute approximate surface area is 106 Å². The molecule has 1 aromatic carbocycles. The van der Waals surface area contributed by atoms with Crippen LogP contribution in [0.3, 0.4) is 0 Å². The Bertz CT molecular complexity index is 427. The lowest BCUT2D eigenvalue weighted by atomic mass is 10.3. The van der Waals surface area contributed by atoms with Crippen LogP contribution in [0.25, 0.3) is 0 Å². The second kappa shape index (κ2) is 5.10. The van der Waals surface area contributed by atoms with E-state index in [1.54, 1.807) is 0 Å². The number of rotatable bonds is 0. The maximum Gasteiger partial charge on any atom is 0.106 e. The lowest BCUT2D eigenvalue weighted by molar-refractivity contribution is 0.0673. The molecule has 0 spiro atoms. The predicted octanol–water partition coefficient (Wildman–Crippen LogP) is 2.54. The first-order valence-corrected chi connectivity index (χ1v) is 7.04. The van der Waals surface area contributed by atoms with Gasteiger partial charge in [0.1, 0.15) is 5.84 Å². The summed E-state index contributed by atoms with van der Waals surface area (Å²) in [4.78, 5) is 8.50. The van der Waals surface area contributed by atoms with E-state index in [4.69, 9.17) is 9.73 Å². The number of hydrogen-bond donors (Lipinski definition) is 0. The minimum Gasteiger partial charge on any atom is -0.378 e. The van der Waals surface area contributed by atoms with Gasteiger partial charge >= 0.3 is 0 Å². The number of para-hydroxylation sites is 1. The zero-order chi connectivity index (χ0) is 11.5. The van der Waals surface area contributed by atoms with Gasteiger partial charge in [0.05, 0.1) is 18.9 Å². The highest BCUT2D eigenvalue weighted by Crippen LogP contribution is 2.33. The minimum absolute atomic E-state index is 0.827. The van der Waals surface area contributed by atoms with E-state index in [2.05, 4.69) is 29.2 Å². The second-order valence-electron chi connectivity index (χ2n) is 4.19. The SMILES string of the molecule is c1ccc2c(c1)N=C(N1CCOCC1)CCS2. The molecule has 0 bridgehead atoms. The topological polar surface area (TPSA) is 24.8 Å². The number of aliphatic imine (C=N–C) groups is 1. The number of morpholine rings is 1. The van der Waals surface area contributed by atoms with E-state index >= 15 is 0 Å². The zero-order valence-electron chi connectivity index (χ0n) is 9.76. The first-order valence-electron chi connectivity index (χ1n) is 6.05. The van der Waals surface area contributed by atoms with Crippen LogP contribution in [0, 0.1) is 0 Å². The van der Waals surface area contributed by atoms with Gasteiger partial charge in [0.2, 0.25) is 0 Å². The van der Waals surface area contributed by atoms with E-state index in [1.807, 2.05) is 11.8 Å². The van der Waals surface area contributed by atoms with E-state index < -0.39 is 0 Å². The molecule has 4 heteroatoms. The molecular formula is C13H16N2OS. The summed E-state index contributed by atoms with van der Waals surface area (Å²) in [5.74, 6) is 2.35. The molecule has 1 saturated heterocycles. The summed E-state index contributed by atoms with van der Waals surface area (Å²) in [5, 5.41) is 0. The van der Waals surface area contributed by atoms with Gasteiger partial charge in [-0.1, -0.05) is 12.1 Å². The first kappa shape index (κ1) is 11.1. The molecule has 90 valence electrons. The van der Waals surface area contributed by atoms with Gasteiger partial charge in [-0.25, -0.2) is 4.99 Å². The Morgan fingerprint density at radius 2 is 2.00 bits per heavy atom. The molecule has 0 unspecified atom stereocenters. The summed E-state index contributed by atoms with van der Waals surface area (Å²) in [6, 6.07) is 8.41. The second-order valence-corrected chi connectivity index (χ2v) is 5.33. The zero-order valence-corrected chi connectivity index (χ0v) is 10.6. The van der Waals surface area contributed by atoms with Crippen molar-refractivity contribution in [2.24, 2.45) is 4.99 Å². The molecule has 3 rings (SSSR count). The van der Waals surface area contributed by atoms with Crippen LogP contribution in [-0.2, 0) is 4.74 Å². The van der Waals surface area contributed by atoms with Crippen molar-refractivity contribution < 1.29 is 4.74 Å². The molecule has 2 heterocycles. The van der Waals surface area contributed by atoms with Crippen molar-refractivity contribution in [1.82, 2.24) is 4.90 Å². The molecule has 1 aromatic rings. The van der Waals surface area contributed by atoms with E-state index in [0.29, 0.717) is 0 Å². The van der Waals surface area contributed by atoms with Crippen molar-refractivity contribution in [3.8, 4) is 0 Å². The fraction of sp³-hybridized carbons (Fsp3) is 0.462. The standard InChI is InChI=1S/C13H16N2OS/c1-2-4-12-11(3-1)14-13(5-10-17-12)15-6-8-16-9-7-15/h1-4H,5-10H2. The van der Waals surface area contributed by atoms with Crippen molar-refractivity contribution >= 4 is 23.3 Å². The number of nitrogens with zero attached hydrogens (tertiary/aromatic N) is 2. The molecule has 3 nitrogen and oxygen atoms in total. The third kappa shape index (κ3) is 2.48. The van der Waals surface area contributed by atoms with E-state index in [0.717, 1.165) is 44.2 Å². The average molecular weight is 248 g/mol. The van der Waals surface area contributed by atoms with Gasteiger partial charge in [0.25, 0.3) is 0 Å². The Kier molecular flexibility index (Phi) is 3.34. The molecule has 0 aromatic heterocycles. The highest BCUT2D eigenvalue weighted by Gasteiger charge is 2.18. The van der Waals surface area contributed by atoms with Gasteiger partial charge < -0.3 is 9.64 Å². The van der Waals surface area contributed by atoms with Crippen molar-refractivity contribution in [3.05, 3.63) is 24.3 Å². The number of amidine groups is 1. The van der Waals surface area contributed by atoms with Crippen LogP contribution in [0.15, 0.2) is 34.2 Å². The van der Waals surface area contributed by atoms with Crippen LogP contribution in [-0.4, -0.2) is 42.8 Å². The maximum absolute atomic E-state index is 5.39.